The number of carbonyl (C=O) groups excluding carboxylic acids is 1. The molecule has 1 aromatic carbocycles. The van der Waals surface area contributed by atoms with E-state index in [1.54, 1.807) is 32.0 Å². The van der Waals surface area contributed by atoms with Gasteiger partial charge in [-0.2, -0.15) is 0 Å². The van der Waals surface area contributed by atoms with Crippen molar-refractivity contribution in [1.29, 1.82) is 0 Å². The summed E-state index contributed by atoms with van der Waals surface area (Å²) in [7, 11) is 0. The van der Waals surface area contributed by atoms with Gasteiger partial charge in [0.1, 0.15) is 11.1 Å². The number of oxazole rings is 2. The highest BCUT2D eigenvalue weighted by molar-refractivity contribution is 5.93. The number of aryl methyl sites for hydroxylation is 2. The number of benzene rings is 1. The average molecular weight is 421 g/mol. The van der Waals surface area contributed by atoms with Crippen molar-refractivity contribution in [3.05, 3.63) is 64.7 Å². The molecule has 0 bridgehead atoms. The van der Waals surface area contributed by atoms with Crippen LogP contribution in [-0.4, -0.2) is 42.4 Å². The lowest BCUT2D eigenvalue weighted by Crippen LogP contribution is -2.41. The quantitative estimate of drug-likeness (QED) is 0.521. The molecule has 1 amide bonds. The molecular weight excluding hydrogens is 398 g/mol. The van der Waals surface area contributed by atoms with Crippen molar-refractivity contribution in [1.82, 2.24) is 24.8 Å². The Morgan fingerprint density at radius 3 is 2.81 bits per heavy atom. The number of nitrogens with zero attached hydrogens (tertiary/aromatic N) is 4. The molecule has 3 aromatic heterocycles. The predicted octanol–water partition coefficient (Wildman–Crippen LogP) is 3.17. The van der Waals surface area contributed by atoms with Crippen LogP contribution in [-0.2, 0) is 12.0 Å². The minimum Gasteiger partial charge on any atom is -0.438 e. The van der Waals surface area contributed by atoms with Gasteiger partial charge in [0.25, 0.3) is 5.91 Å². The molecule has 31 heavy (non-hydrogen) atoms. The molecular formula is C22H23N5O4. The zero-order valence-electron chi connectivity index (χ0n) is 17.8. The van der Waals surface area contributed by atoms with Crippen LogP contribution in [0.2, 0.25) is 0 Å². The molecule has 160 valence electrons. The van der Waals surface area contributed by atoms with Crippen molar-refractivity contribution in [2.24, 2.45) is 0 Å². The van der Waals surface area contributed by atoms with E-state index in [-0.39, 0.29) is 17.6 Å². The molecule has 5 rings (SSSR count). The van der Waals surface area contributed by atoms with Gasteiger partial charge in [-0.1, -0.05) is 6.07 Å². The molecule has 0 radical (unpaired) electrons. The number of fused-ring (bicyclic) bond motifs is 2. The normalized spacial score (nSPS) is 16.7. The number of aromatic nitrogens is 4. The molecule has 0 saturated carbocycles. The summed E-state index contributed by atoms with van der Waals surface area (Å²) in [6.07, 6.45) is 2.23. The van der Waals surface area contributed by atoms with Crippen molar-refractivity contribution in [3.8, 4) is 0 Å². The summed E-state index contributed by atoms with van der Waals surface area (Å²) in [6, 6.07) is 5.17. The monoisotopic (exact) mass is 421 g/mol. The molecule has 0 saturated heterocycles. The molecule has 9 nitrogen and oxygen atoms in total. The Morgan fingerprint density at radius 2 is 2.06 bits per heavy atom. The molecule has 0 aliphatic carbocycles. The third kappa shape index (κ3) is 3.21. The summed E-state index contributed by atoms with van der Waals surface area (Å²) in [5, 5.41) is 10.2. The largest absolute Gasteiger partial charge is 0.438 e. The zero-order valence-corrected chi connectivity index (χ0v) is 17.8. The minimum atomic E-state index is -1.29. The van der Waals surface area contributed by atoms with Crippen LogP contribution < -0.4 is 0 Å². The van der Waals surface area contributed by atoms with Crippen LogP contribution >= 0.6 is 0 Å². The smallest absolute Gasteiger partial charge is 0.292 e. The molecule has 4 heterocycles. The maximum Gasteiger partial charge on any atom is 0.292 e. The summed E-state index contributed by atoms with van der Waals surface area (Å²) in [5.74, 6) is 0.229. The molecule has 9 heteroatoms. The Morgan fingerprint density at radius 1 is 1.26 bits per heavy atom. The van der Waals surface area contributed by atoms with Crippen LogP contribution in [0.3, 0.4) is 0 Å². The van der Waals surface area contributed by atoms with E-state index in [1.807, 2.05) is 25.1 Å². The zero-order chi connectivity index (χ0) is 21.9. The van der Waals surface area contributed by atoms with Gasteiger partial charge in [-0.25, -0.2) is 15.0 Å². The van der Waals surface area contributed by atoms with Crippen molar-refractivity contribution in [2.45, 2.75) is 45.8 Å². The van der Waals surface area contributed by atoms with Crippen molar-refractivity contribution in [3.63, 3.8) is 0 Å². The first-order valence-corrected chi connectivity index (χ1v) is 10.1. The number of carbonyl (C=O) groups is 1. The SMILES string of the molecule is Cc1ccc2oc([C@@H]3c4nc[nH]c4CCN3C(=O)c3oc(C(C)(C)O)nc3C)nc2c1. The second kappa shape index (κ2) is 6.78. The molecule has 0 unspecified atom stereocenters. The van der Waals surface area contributed by atoms with Gasteiger partial charge in [0.05, 0.1) is 17.7 Å². The Labute approximate surface area is 178 Å². The number of nitrogens with one attached hydrogen (secondary N) is 1. The number of aromatic amines is 1. The van der Waals surface area contributed by atoms with E-state index in [2.05, 4.69) is 19.9 Å². The number of imidazole rings is 1. The van der Waals surface area contributed by atoms with Gasteiger partial charge >= 0.3 is 0 Å². The lowest BCUT2D eigenvalue weighted by molar-refractivity contribution is 0.0436. The first-order valence-electron chi connectivity index (χ1n) is 10.1. The standard InChI is InChI=1S/C22H23N5O4/c1-11-5-6-15-14(9-11)26-19(30-15)17-16-13(23-10-24-16)7-8-27(17)20(28)18-12(2)25-21(31-18)22(3,4)29/h5-6,9-10,17,29H,7-8H2,1-4H3,(H,23,24)/t17-/m0/s1. The summed E-state index contributed by atoms with van der Waals surface area (Å²) in [5.41, 5.74) is 3.21. The fraction of sp³-hybridized carbons (Fsp3) is 0.364. The lowest BCUT2D eigenvalue weighted by atomic mass is 10.0. The first kappa shape index (κ1) is 19.5. The van der Waals surface area contributed by atoms with E-state index in [4.69, 9.17) is 8.83 Å². The van der Waals surface area contributed by atoms with Crippen LogP contribution in [0.4, 0.5) is 0 Å². The lowest BCUT2D eigenvalue weighted by Gasteiger charge is -2.32. The van der Waals surface area contributed by atoms with Crippen molar-refractivity contribution >= 4 is 17.0 Å². The Kier molecular flexibility index (Phi) is 4.26. The summed E-state index contributed by atoms with van der Waals surface area (Å²) in [4.78, 5) is 31.7. The fourth-order valence-electron chi connectivity index (χ4n) is 3.90. The van der Waals surface area contributed by atoms with E-state index >= 15 is 0 Å². The maximum atomic E-state index is 13.5. The van der Waals surface area contributed by atoms with Gasteiger partial charge in [0.2, 0.25) is 17.5 Å². The van der Waals surface area contributed by atoms with Crippen LogP contribution in [0.5, 0.6) is 0 Å². The number of aliphatic hydroxyl groups is 1. The van der Waals surface area contributed by atoms with Crippen LogP contribution in [0.1, 0.15) is 64.9 Å². The van der Waals surface area contributed by atoms with Gasteiger partial charge in [-0.15, -0.1) is 0 Å². The van der Waals surface area contributed by atoms with E-state index in [1.165, 1.54) is 0 Å². The Balaban J connectivity index is 1.60. The van der Waals surface area contributed by atoms with Crippen molar-refractivity contribution < 1.29 is 18.7 Å². The number of amides is 1. The molecule has 1 aliphatic heterocycles. The highest BCUT2D eigenvalue weighted by Gasteiger charge is 2.40. The Hall–Kier alpha value is -3.46. The van der Waals surface area contributed by atoms with Crippen LogP contribution in [0.25, 0.3) is 11.1 Å². The maximum absolute atomic E-state index is 13.5. The average Bonchev–Trinajstić information content (AvgIpc) is 3.43. The second-order valence-electron chi connectivity index (χ2n) is 8.43. The van der Waals surface area contributed by atoms with Crippen molar-refractivity contribution in [2.75, 3.05) is 6.54 Å². The summed E-state index contributed by atoms with van der Waals surface area (Å²) >= 11 is 0. The highest BCUT2D eigenvalue weighted by atomic mass is 16.4. The Bertz CT molecular complexity index is 1290. The number of hydrogen-bond acceptors (Lipinski definition) is 7. The topological polar surface area (TPSA) is 121 Å². The molecule has 2 N–H and O–H groups in total. The molecule has 4 aromatic rings. The third-order valence-electron chi connectivity index (χ3n) is 5.49. The molecule has 0 spiro atoms. The van der Waals surface area contributed by atoms with E-state index in [0.717, 1.165) is 16.8 Å². The third-order valence-corrected chi connectivity index (χ3v) is 5.49. The van der Waals surface area contributed by atoms with Gasteiger partial charge in [-0.3, -0.25) is 4.79 Å². The van der Waals surface area contributed by atoms with E-state index < -0.39 is 11.6 Å². The number of hydrogen-bond donors (Lipinski definition) is 2. The van der Waals surface area contributed by atoms with Crippen LogP contribution in [0, 0.1) is 13.8 Å². The summed E-state index contributed by atoms with van der Waals surface area (Å²) < 4.78 is 11.7. The molecule has 1 atom stereocenters. The highest BCUT2D eigenvalue weighted by Crippen LogP contribution is 2.36. The van der Waals surface area contributed by atoms with Gasteiger partial charge in [-0.05, 0) is 45.4 Å². The number of H-pyrrole nitrogens is 1. The second-order valence-corrected chi connectivity index (χ2v) is 8.43. The molecule has 0 fully saturated rings. The minimum absolute atomic E-state index is 0.0908. The van der Waals surface area contributed by atoms with Gasteiger partial charge < -0.3 is 23.8 Å². The summed E-state index contributed by atoms with van der Waals surface area (Å²) in [6.45, 7) is 7.23. The first-order chi connectivity index (χ1) is 14.7. The fourth-order valence-corrected chi connectivity index (χ4v) is 3.90. The van der Waals surface area contributed by atoms with E-state index in [9.17, 15) is 9.90 Å². The van der Waals surface area contributed by atoms with Crippen LogP contribution in [0.15, 0.2) is 33.4 Å². The van der Waals surface area contributed by atoms with Gasteiger partial charge in [0, 0.05) is 18.7 Å². The van der Waals surface area contributed by atoms with Gasteiger partial charge in [0.15, 0.2) is 11.6 Å². The predicted molar refractivity (Wildman–Crippen MR) is 110 cm³/mol. The number of rotatable bonds is 3. The van der Waals surface area contributed by atoms with E-state index in [0.29, 0.717) is 35.8 Å². The molecule has 1 aliphatic rings.